The molecule has 112 valence electrons. The van der Waals surface area contributed by atoms with E-state index in [-0.39, 0.29) is 0 Å². The summed E-state index contributed by atoms with van der Waals surface area (Å²) < 4.78 is 2.19. The van der Waals surface area contributed by atoms with Crippen LogP contribution in [0.1, 0.15) is 56.5 Å². The van der Waals surface area contributed by atoms with Gasteiger partial charge in [-0.2, -0.15) is 0 Å². The van der Waals surface area contributed by atoms with Crippen LogP contribution in [-0.2, 0) is 6.54 Å². The lowest BCUT2D eigenvalue weighted by molar-refractivity contribution is 0.418. The molecule has 1 fully saturated rings. The first-order chi connectivity index (χ1) is 10.2. The van der Waals surface area contributed by atoms with Crippen LogP contribution in [0.4, 0.5) is 5.82 Å². The van der Waals surface area contributed by atoms with E-state index in [2.05, 4.69) is 22.5 Å². The third-order valence-corrected chi connectivity index (χ3v) is 4.51. The van der Waals surface area contributed by atoms with Crippen molar-refractivity contribution in [3.63, 3.8) is 0 Å². The summed E-state index contributed by atoms with van der Waals surface area (Å²) in [5, 5.41) is 0. The number of nitrogen functional groups attached to an aromatic ring is 1. The maximum atomic E-state index is 6.36. The van der Waals surface area contributed by atoms with Crippen LogP contribution >= 0.6 is 0 Å². The van der Waals surface area contributed by atoms with Crippen molar-refractivity contribution in [2.75, 3.05) is 5.73 Å². The smallest absolute Gasteiger partial charge is 0.131 e. The summed E-state index contributed by atoms with van der Waals surface area (Å²) in [4.78, 5) is 9.27. The summed E-state index contributed by atoms with van der Waals surface area (Å²) in [6.07, 6.45) is 8.32. The van der Waals surface area contributed by atoms with Gasteiger partial charge in [-0.3, -0.25) is 4.98 Å². The molecule has 0 spiro atoms. The van der Waals surface area contributed by atoms with Gasteiger partial charge in [0.15, 0.2) is 0 Å². The fourth-order valence-corrected chi connectivity index (χ4v) is 3.31. The Morgan fingerprint density at radius 2 is 2.00 bits per heavy atom. The molecular formula is C17H24N4. The first-order valence-electron chi connectivity index (χ1n) is 7.99. The highest BCUT2D eigenvalue weighted by Crippen LogP contribution is 2.36. The second-order valence-electron chi connectivity index (χ2n) is 5.97. The molecule has 0 saturated heterocycles. The van der Waals surface area contributed by atoms with Gasteiger partial charge < -0.3 is 10.3 Å². The van der Waals surface area contributed by atoms with Crippen LogP contribution in [0.5, 0.6) is 0 Å². The highest BCUT2D eigenvalue weighted by atomic mass is 15.1. The Kier molecular flexibility index (Phi) is 3.95. The molecule has 2 aromatic rings. The molecule has 0 bridgehead atoms. The van der Waals surface area contributed by atoms with Crippen molar-refractivity contribution in [1.29, 1.82) is 0 Å². The lowest BCUT2D eigenvalue weighted by atomic mass is 9.88. The van der Waals surface area contributed by atoms with Crippen molar-refractivity contribution in [3.8, 4) is 11.3 Å². The fraction of sp³-hybridized carbons (Fsp3) is 0.529. The zero-order chi connectivity index (χ0) is 14.8. The van der Waals surface area contributed by atoms with Gasteiger partial charge in [-0.05, 0) is 38.8 Å². The number of imidazole rings is 1. The van der Waals surface area contributed by atoms with Gasteiger partial charge in [0.25, 0.3) is 0 Å². The maximum Gasteiger partial charge on any atom is 0.131 e. The third-order valence-electron chi connectivity index (χ3n) is 4.51. The van der Waals surface area contributed by atoms with Crippen LogP contribution in [0, 0.1) is 6.92 Å². The monoisotopic (exact) mass is 284 g/mol. The zero-order valence-corrected chi connectivity index (χ0v) is 13.0. The van der Waals surface area contributed by atoms with E-state index in [0.29, 0.717) is 5.92 Å². The lowest BCUT2D eigenvalue weighted by Gasteiger charge is -2.21. The third kappa shape index (κ3) is 2.67. The quantitative estimate of drug-likeness (QED) is 0.929. The summed E-state index contributed by atoms with van der Waals surface area (Å²) in [7, 11) is 0. The molecule has 1 aliphatic rings. The topological polar surface area (TPSA) is 56.7 Å². The van der Waals surface area contributed by atoms with Crippen LogP contribution < -0.4 is 5.73 Å². The lowest BCUT2D eigenvalue weighted by Crippen LogP contribution is -2.12. The molecule has 0 unspecified atom stereocenters. The van der Waals surface area contributed by atoms with Crippen molar-refractivity contribution >= 4 is 5.82 Å². The van der Waals surface area contributed by atoms with Crippen molar-refractivity contribution in [1.82, 2.24) is 14.5 Å². The van der Waals surface area contributed by atoms with Gasteiger partial charge >= 0.3 is 0 Å². The normalized spacial score (nSPS) is 16.3. The van der Waals surface area contributed by atoms with Crippen LogP contribution in [-0.4, -0.2) is 14.5 Å². The summed E-state index contributed by atoms with van der Waals surface area (Å²) >= 11 is 0. The molecule has 0 amide bonds. The number of aryl methyl sites for hydroxylation is 1. The fourth-order valence-electron chi connectivity index (χ4n) is 3.31. The van der Waals surface area contributed by atoms with Crippen LogP contribution in [0.25, 0.3) is 11.3 Å². The zero-order valence-electron chi connectivity index (χ0n) is 13.0. The van der Waals surface area contributed by atoms with Crippen LogP contribution in [0.2, 0.25) is 0 Å². The predicted octanol–water partition coefficient (Wildman–Crippen LogP) is 3.90. The van der Waals surface area contributed by atoms with Crippen molar-refractivity contribution in [3.05, 3.63) is 29.8 Å². The number of rotatable bonds is 3. The molecule has 0 atom stereocenters. The van der Waals surface area contributed by atoms with Gasteiger partial charge in [0.2, 0.25) is 0 Å². The van der Waals surface area contributed by atoms with Gasteiger partial charge in [-0.15, -0.1) is 0 Å². The van der Waals surface area contributed by atoms with Crippen molar-refractivity contribution in [2.45, 2.75) is 58.4 Å². The van der Waals surface area contributed by atoms with E-state index in [1.807, 2.05) is 19.2 Å². The number of nitrogens with zero attached hydrogens (tertiary/aromatic N) is 3. The molecule has 1 saturated carbocycles. The van der Waals surface area contributed by atoms with E-state index in [1.165, 1.54) is 37.9 Å². The van der Waals surface area contributed by atoms with Gasteiger partial charge in [-0.1, -0.05) is 19.3 Å². The second kappa shape index (κ2) is 5.88. The molecule has 0 aliphatic heterocycles. The van der Waals surface area contributed by atoms with E-state index in [9.17, 15) is 0 Å². The van der Waals surface area contributed by atoms with Gasteiger partial charge in [-0.25, -0.2) is 4.98 Å². The molecule has 2 N–H and O–H groups in total. The largest absolute Gasteiger partial charge is 0.383 e. The number of hydrogen-bond acceptors (Lipinski definition) is 3. The average Bonchev–Trinajstić information content (AvgIpc) is 2.86. The van der Waals surface area contributed by atoms with Gasteiger partial charge in [0.05, 0.1) is 0 Å². The molecule has 2 aromatic heterocycles. The summed E-state index contributed by atoms with van der Waals surface area (Å²) in [5.41, 5.74) is 9.29. The first kappa shape index (κ1) is 14.1. The van der Waals surface area contributed by atoms with Crippen molar-refractivity contribution < 1.29 is 0 Å². The molecular weight excluding hydrogens is 260 g/mol. The standard InChI is InChI=1S/C17H24N4/c1-3-21-16(18)15(14-10-9-12(2)19-11-14)20-17(21)13-7-5-4-6-8-13/h9-11,13H,3-8,18H2,1-2H3. The number of anilines is 1. The minimum Gasteiger partial charge on any atom is -0.383 e. The highest BCUT2D eigenvalue weighted by molar-refractivity contribution is 5.70. The summed E-state index contributed by atoms with van der Waals surface area (Å²) in [6, 6.07) is 4.08. The molecule has 0 aromatic carbocycles. The Balaban J connectivity index is 2.02. The van der Waals surface area contributed by atoms with E-state index < -0.39 is 0 Å². The maximum absolute atomic E-state index is 6.36. The second-order valence-corrected chi connectivity index (χ2v) is 5.97. The van der Waals surface area contributed by atoms with E-state index in [4.69, 9.17) is 10.7 Å². The molecule has 4 heteroatoms. The Morgan fingerprint density at radius 3 is 2.62 bits per heavy atom. The van der Waals surface area contributed by atoms with Gasteiger partial charge in [0, 0.05) is 29.9 Å². The number of hydrogen-bond donors (Lipinski definition) is 1. The Bertz CT molecular complexity index is 606. The molecule has 4 nitrogen and oxygen atoms in total. The molecule has 2 heterocycles. The Labute approximate surface area is 126 Å². The number of pyridine rings is 1. The SMILES string of the molecule is CCn1c(C2CCCCC2)nc(-c2ccc(C)nc2)c1N. The summed E-state index contributed by atoms with van der Waals surface area (Å²) in [6.45, 7) is 5.01. The first-order valence-corrected chi connectivity index (χ1v) is 7.99. The van der Waals surface area contributed by atoms with Gasteiger partial charge in [0.1, 0.15) is 17.3 Å². The Hall–Kier alpha value is -1.84. The van der Waals surface area contributed by atoms with E-state index in [1.54, 1.807) is 0 Å². The highest BCUT2D eigenvalue weighted by Gasteiger charge is 2.24. The predicted molar refractivity (Wildman–Crippen MR) is 86.1 cm³/mol. The minimum atomic E-state index is 0.563. The molecule has 3 rings (SSSR count). The van der Waals surface area contributed by atoms with Crippen LogP contribution in [0.3, 0.4) is 0 Å². The molecule has 1 aliphatic carbocycles. The number of aromatic nitrogens is 3. The molecule has 21 heavy (non-hydrogen) atoms. The van der Waals surface area contributed by atoms with E-state index in [0.717, 1.165) is 29.3 Å². The van der Waals surface area contributed by atoms with E-state index >= 15 is 0 Å². The average molecular weight is 284 g/mol. The number of nitrogens with two attached hydrogens (primary N) is 1. The van der Waals surface area contributed by atoms with Crippen LogP contribution in [0.15, 0.2) is 18.3 Å². The Morgan fingerprint density at radius 1 is 1.24 bits per heavy atom. The summed E-state index contributed by atoms with van der Waals surface area (Å²) in [5.74, 6) is 2.52. The van der Waals surface area contributed by atoms with Crippen molar-refractivity contribution in [2.24, 2.45) is 0 Å². The minimum absolute atomic E-state index is 0.563. The molecule has 0 radical (unpaired) electrons.